The molecule has 0 bridgehead atoms. The Labute approximate surface area is 212 Å². The van der Waals surface area contributed by atoms with Crippen molar-refractivity contribution in [2.45, 2.75) is 26.4 Å². The van der Waals surface area contributed by atoms with Crippen molar-refractivity contribution in [2.24, 2.45) is 0 Å². The summed E-state index contributed by atoms with van der Waals surface area (Å²) in [6, 6.07) is 2.24. The zero-order valence-corrected chi connectivity index (χ0v) is 20.9. The highest BCUT2D eigenvalue weighted by atomic mass is 19.4. The second kappa shape index (κ2) is 11.9. The number of carbonyl (C=O) groups excluding carboxylic acids is 2. The summed E-state index contributed by atoms with van der Waals surface area (Å²) < 4.78 is 50.9. The minimum Gasteiger partial charge on any atom is -0.492 e. The number of allylic oxidation sites excluding steroid dienone is 4. The molecule has 0 aliphatic heterocycles. The first-order valence-electron chi connectivity index (χ1n) is 11.5. The van der Waals surface area contributed by atoms with Gasteiger partial charge in [-0.05, 0) is 46.2 Å². The monoisotopic (exact) mass is 519 g/mol. The van der Waals surface area contributed by atoms with Crippen LogP contribution in [-0.4, -0.2) is 60.5 Å². The Morgan fingerprint density at radius 2 is 1.92 bits per heavy atom. The van der Waals surface area contributed by atoms with E-state index in [-0.39, 0.29) is 41.7 Å². The molecular formula is C25H28F3N5O4. The molecule has 0 saturated carbocycles. The number of ketones is 1. The van der Waals surface area contributed by atoms with Gasteiger partial charge in [0, 0.05) is 30.3 Å². The van der Waals surface area contributed by atoms with E-state index in [2.05, 4.69) is 20.6 Å². The van der Waals surface area contributed by atoms with E-state index in [0.717, 1.165) is 12.1 Å². The maximum absolute atomic E-state index is 13.4. The first-order valence-corrected chi connectivity index (χ1v) is 11.5. The van der Waals surface area contributed by atoms with Crippen LogP contribution in [0.5, 0.6) is 5.75 Å². The average molecular weight is 520 g/mol. The molecule has 0 radical (unpaired) electrons. The van der Waals surface area contributed by atoms with E-state index >= 15 is 0 Å². The van der Waals surface area contributed by atoms with E-state index in [0.29, 0.717) is 30.2 Å². The van der Waals surface area contributed by atoms with Gasteiger partial charge in [0.25, 0.3) is 0 Å². The van der Waals surface area contributed by atoms with Gasteiger partial charge in [0.2, 0.25) is 5.78 Å². The molecule has 1 aliphatic rings. The van der Waals surface area contributed by atoms with Crippen molar-refractivity contribution in [1.82, 2.24) is 14.9 Å². The lowest BCUT2D eigenvalue weighted by Gasteiger charge is -2.16. The van der Waals surface area contributed by atoms with E-state index < -0.39 is 17.8 Å². The maximum Gasteiger partial charge on any atom is 0.416 e. The summed E-state index contributed by atoms with van der Waals surface area (Å²) >= 11 is 0. The van der Waals surface area contributed by atoms with Crippen molar-refractivity contribution in [1.29, 1.82) is 0 Å². The molecule has 0 spiro atoms. The first-order chi connectivity index (χ1) is 17.5. The minimum atomic E-state index is -4.62. The van der Waals surface area contributed by atoms with Crippen molar-refractivity contribution >= 4 is 28.8 Å². The Kier molecular flexibility index (Phi) is 8.87. The molecule has 0 atom stereocenters. The van der Waals surface area contributed by atoms with E-state index in [1.165, 1.54) is 12.3 Å². The highest BCUT2D eigenvalue weighted by molar-refractivity contribution is 6.01. The molecule has 198 valence electrons. The molecule has 1 aromatic heterocycles. The molecule has 0 unspecified atom stereocenters. The Bertz CT molecular complexity index is 1230. The number of nitrogens with one attached hydrogen (secondary N) is 2. The van der Waals surface area contributed by atoms with Crippen LogP contribution in [0.4, 0.5) is 29.3 Å². The largest absolute Gasteiger partial charge is 0.492 e. The van der Waals surface area contributed by atoms with Crippen molar-refractivity contribution in [3.8, 4) is 5.75 Å². The Morgan fingerprint density at radius 1 is 1.16 bits per heavy atom. The summed E-state index contributed by atoms with van der Waals surface area (Å²) in [6.45, 7) is 4.44. The van der Waals surface area contributed by atoms with Crippen LogP contribution in [0.15, 0.2) is 42.3 Å². The van der Waals surface area contributed by atoms with Crippen LogP contribution >= 0.6 is 0 Å². The van der Waals surface area contributed by atoms with Gasteiger partial charge in [-0.3, -0.25) is 4.79 Å². The minimum absolute atomic E-state index is 0.0189. The number of alkyl halides is 3. The number of halogens is 3. The van der Waals surface area contributed by atoms with Crippen LogP contribution in [0.25, 0.3) is 5.57 Å². The lowest BCUT2D eigenvalue weighted by Crippen LogP contribution is -2.22. The molecule has 2 aromatic rings. The van der Waals surface area contributed by atoms with Gasteiger partial charge in [0.1, 0.15) is 12.4 Å². The Morgan fingerprint density at radius 3 is 2.57 bits per heavy atom. The van der Waals surface area contributed by atoms with E-state index in [1.807, 2.05) is 19.0 Å². The molecule has 2 amide bonds. The van der Waals surface area contributed by atoms with Gasteiger partial charge in [-0.1, -0.05) is 6.08 Å². The number of nitrogens with zero attached hydrogens (tertiary/aromatic N) is 3. The third-order valence-electron chi connectivity index (χ3n) is 5.15. The molecule has 1 aromatic carbocycles. The number of aryl methyl sites for hydroxylation is 1. The average Bonchev–Trinajstić information content (AvgIpc) is 2.81. The summed E-state index contributed by atoms with van der Waals surface area (Å²) in [5.41, 5.74) is 0.242. The molecule has 0 saturated heterocycles. The number of likely N-dealkylation sites (N-methyl/N-ethyl adjacent to an activating group) is 1. The van der Waals surface area contributed by atoms with Crippen LogP contribution in [-0.2, 0) is 15.7 Å². The molecule has 1 aliphatic carbocycles. The first kappa shape index (κ1) is 27.7. The van der Waals surface area contributed by atoms with E-state index in [9.17, 15) is 22.8 Å². The highest BCUT2D eigenvalue weighted by Crippen LogP contribution is 2.34. The van der Waals surface area contributed by atoms with Crippen LogP contribution in [0.2, 0.25) is 0 Å². The molecule has 37 heavy (non-hydrogen) atoms. The molecule has 3 rings (SSSR count). The molecule has 9 nitrogen and oxygen atoms in total. The number of benzene rings is 1. The molecular weight excluding hydrogens is 491 g/mol. The zero-order valence-electron chi connectivity index (χ0n) is 20.9. The van der Waals surface area contributed by atoms with Gasteiger partial charge in [0.05, 0.1) is 29.7 Å². The van der Waals surface area contributed by atoms with Gasteiger partial charge in [-0.25, -0.2) is 14.8 Å². The van der Waals surface area contributed by atoms with E-state index in [4.69, 9.17) is 9.47 Å². The fraction of sp³-hybridized carbons (Fsp3) is 0.360. The van der Waals surface area contributed by atoms with E-state index in [1.54, 1.807) is 26.0 Å². The molecule has 1 heterocycles. The van der Waals surface area contributed by atoms with Crippen molar-refractivity contribution in [3.63, 3.8) is 0 Å². The number of rotatable bonds is 9. The normalized spacial score (nSPS) is 13.7. The number of aromatic nitrogens is 2. The number of Topliss-reactive ketones (excluding diaryl/α,β-unsaturated/α-hetero) is 1. The number of amides is 2. The number of urea groups is 1. The fourth-order valence-electron chi connectivity index (χ4n) is 3.30. The second-order valence-electron chi connectivity index (χ2n) is 8.40. The number of hydrogen-bond acceptors (Lipinski definition) is 7. The number of ether oxygens (including phenoxy) is 2. The van der Waals surface area contributed by atoms with Crippen LogP contribution < -0.4 is 15.4 Å². The van der Waals surface area contributed by atoms with Crippen molar-refractivity contribution in [3.05, 3.63) is 59.4 Å². The number of carbonyl (C=O) groups is 2. The van der Waals surface area contributed by atoms with Crippen molar-refractivity contribution in [2.75, 3.05) is 44.5 Å². The lowest BCUT2D eigenvalue weighted by atomic mass is 10.0. The topological polar surface area (TPSA) is 106 Å². The summed E-state index contributed by atoms with van der Waals surface area (Å²) in [4.78, 5) is 34.9. The van der Waals surface area contributed by atoms with Crippen LogP contribution in [0.1, 0.15) is 30.4 Å². The second-order valence-corrected chi connectivity index (χ2v) is 8.40. The summed E-state index contributed by atoms with van der Waals surface area (Å²) in [5.74, 6) is 0.409. The predicted molar refractivity (Wildman–Crippen MR) is 132 cm³/mol. The fourth-order valence-corrected chi connectivity index (χ4v) is 3.30. The van der Waals surface area contributed by atoms with Gasteiger partial charge < -0.3 is 25.0 Å². The number of anilines is 2. The molecule has 0 fully saturated rings. The van der Waals surface area contributed by atoms with Crippen molar-refractivity contribution < 1.29 is 32.2 Å². The maximum atomic E-state index is 13.4. The smallest absolute Gasteiger partial charge is 0.416 e. The third kappa shape index (κ3) is 7.78. The Balaban J connectivity index is 1.73. The standard InChI is InChI=1S/C25H28F3N5O4/c1-5-36-22-10-16(6-7-21(22)34)23-29-14-20(15(2)30-23)32-24(35)31-18-11-17(25(26,27)28)12-19(13-18)37-9-8-33(3)4/h6,10-14H,5,7-9H2,1-4H3,(H2,31,32,35). The van der Waals surface area contributed by atoms with Crippen LogP contribution in [0, 0.1) is 6.92 Å². The predicted octanol–water partition coefficient (Wildman–Crippen LogP) is 4.66. The van der Waals surface area contributed by atoms with Gasteiger partial charge in [-0.15, -0.1) is 0 Å². The summed E-state index contributed by atoms with van der Waals surface area (Å²) in [7, 11) is 3.62. The van der Waals surface area contributed by atoms with Gasteiger partial charge >= 0.3 is 12.2 Å². The lowest BCUT2D eigenvalue weighted by molar-refractivity contribution is -0.137. The third-order valence-corrected chi connectivity index (χ3v) is 5.15. The molecule has 12 heteroatoms. The Hall–Kier alpha value is -3.93. The molecule has 2 N–H and O–H groups in total. The quantitative estimate of drug-likeness (QED) is 0.496. The number of hydrogen-bond donors (Lipinski definition) is 2. The highest BCUT2D eigenvalue weighted by Gasteiger charge is 2.31. The summed E-state index contributed by atoms with van der Waals surface area (Å²) in [6.07, 6.45) is 0.165. The van der Waals surface area contributed by atoms with Gasteiger partial charge in [0.15, 0.2) is 11.6 Å². The summed E-state index contributed by atoms with van der Waals surface area (Å²) in [5, 5.41) is 4.94. The SMILES string of the molecule is CCOC1=CC(c2ncc(NC(=O)Nc3cc(OCCN(C)C)cc(C(F)(F)F)c3)c(C)n2)=CCC1=O. The zero-order chi connectivity index (χ0) is 27.2. The van der Waals surface area contributed by atoms with Gasteiger partial charge in [-0.2, -0.15) is 13.2 Å². The van der Waals surface area contributed by atoms with Crippen LogP contribution in [0.3, 0.4) is 0 Å².